The number of nitrogens with one attached hydrogen (secondary N) is 1. The minimum atomic E-state index is -3.71. The second kappa shape index (κ2) is 7.97. The third-order valence-electron chi connectivity index (χ3n) is 6.14. The molecular weight excluding hydrogens is 370 g/mol. The van der Waals surface area contributed by atoms with Gasteiger partial charge in [-0.15, -0.1) is 0 Å². The van der Waals surface area contributed by atoms with Gasteiger partial charge in [0.2, 0.25) is 10.0 Å². The molecule has 0 radical (unpaired) electrons. The Morgan fingerprint density at radius 2 is 1.43 bits per heavy atom. The summed E-state index contributed by atoms with van der Waals surface area (Å²) in [7, 11) is -3.71. The predicted molar refractivity (Wildman–Crippen MR) is 111 cm³/mol. The Bertz CT molecular complexity index is 919. The standard InChI is InChI=1S/C23H29NO3S/c1-16(22(25)17-9-3-2-4-10-17)24-28(26,27)23-20-13-7-5-11-18(20)15-19-12-6-8-14-21(19)23/h2-4,9-10,15-16,22,24-25H,5-8,11-14H2,1H3/t16-,22-/m0/s1. The first-order valence-electron chi connectivity index (χ1n) is 10.4. The Balaban J connectivity index is 1.71. The molecule has 5 heteroatoms. The lowest BCUT2D eigenvalue weighted by Gasteiger charge is -2.28. The maximum absolute atomic E-state index is 13.5. The highest BCUT2D eigenvalue weighted by molar-refractivity contribution is 7.89. The fourth-order valence-electron chi connectivity index (χ4n) is 4.72. The molecule has 4 nitrogen and oxygen atoms in total. The Morgan fingerprint density at radius 1 is 0.893 bits per heavy atom. The van der Waals surface area contributed by atoms with Crippen LogP contribution in [0.15, 0.2) is 41.3 Å². The molecule has 0 unspecified atom stereocenters. The monoisotopic (exact) mass is 399 g/mol. The summed E-state index contributed by atoms with van der Waals surface area (Å²) < 4.78 is 29.8. The molecule has 2 aliphatic carbocycles. The van der Waals surface area contributed by atoms with Crippen molar-refractivity contribution in [2.45, 2.75) is 75.3 Å². The maximum Gasteiger partial charge on any atom is 0.241 e. The van der Waals surface area contributed by atoms with E-state index in [4.69, 9.17) is 0 Å². The van der Waals surface area contributed by atoms with Crippen LogP contribution in [0, 0.1) is 0 Å². The van der Waals surface area contributed by atoms with Gasteiger partial charge in [-0.25, -0.2) is 13.1 Å². The van der Waals surface area contributed by atoms with E-state index in [1.54, 1.807) is 6.92 Å². The van der Waals surface area contributed by atoms with Gasteiger partial charge in [-0.05, 0) is 86.1 Å². The number of fused-ring (bicyclic) bond motifs is 2. The van der Waals surface area contributed by atoms with E-state index in [2.05, 4.69) is 10.8 Å². The van der Waals surface area contributed by atoms with Gasteiger partial charge >= 0.3 is 0 Å². The van der Waals surface area contributed by atoms with Crippen LogP contribution in [0.1, 0.15) is 66.5 Å². The van der Waals surface area contributed by atoms with E-state index in [1.807, 2.05) is 30.3 Å². The van der Waals surface area contributed by atoms with E-state index in [9.17, 15) is 13.5 Å². The van der Waals surface area contributed by atoms with Crippen LogP contribution in [-0.2, 0) is 35.7 Å². The van der Waals surface area contributed by atoms with Crippen LogP contribution in [0.25, 0.3) is 0 Å². The number of aryl methyl sites for hydroxylation is 2. The average Bonchev–Trinajstić information content (AvgIpc) is 2.71. The van der Waals surface area contributed by atoms with Gasteiger partial charge in [0, 0.05) is 6.04 Å². The normalized spacial score (nSPS) is 18.8. The van der Waals surface area contributed by atoms with E-state index >= 15 is 0 Å². The van der Waals surface area contributed by atoms with Crippen LogP contribution in [0.3, 0.4) is 0 Å². The maximum atomic E-state index is 13.5. The number of aliphatic hydroxyl groups excluding tert-OH is 1. The van der Waals surface area contributed by atoms with Crippen molar-refractivity contribution < 1.29 is 13.5 Å². The van der Waals surface area contributed by atoms with Crippen LogP contribution >= 0.6 is 0 Å². The lowest BCUT2D eigenvalue weighted by atomic mass is 9.83. The van der Waals surface area contributed by atoms with Crippen LogP contribution in [0.5, 0.6) is 0 Å². The van der Waals surface area contributed by atoms with Gasteiger partial charge in [0.05, 0.1) is 11.0 Å². The highest BCUT2D eigenvalue weighted by atomic mass is 32.2. The van der Waals surface area contributed by atoms with Crippen molar-refractivity contribution in [3.8, 4) is 0 Å². The number of hydrogen-bond acceptors (Lipinski definition) is 3. The zero-order valence-electron chi connectivity index (χ0n) is 16.4. The summed E-state index contributed by atoms with van der Waals surface area (Å²) in [5.41, 5.74) is 5.17. The van der Waals surface area contributed by atoms with Gasteiger partial charge in [-0.1, -0.05) is 36.4 Å². The number of benzene rings is 2. The highest BCUT2D eigenvalue weighted by Gasteiger charge is 2.31. The molecule has 2 aromatic rings. The average molecular weight is 400 g/mol. The molecule has 0 amide bonds. The summed E-state index contributed by atoms with van der Waals surface area (Å²) in [5, 5.41) is 10.6. The zero-order valence-corrected chi connectivity index (χ0v) is 17.3. The van der Waals surface area contributed by atoms with Crippen molar-refractivity contribution >= 4 is 10.0 Å². The molecule has 4 rings (SSSR count). The topological polar surface area (TPSA) is 66.4 Å². The first-order valence-corrected chi connectivity index (χ1v) is 11.9. The van der Waals surface area contributed by atoms with Crippen LogP contribution < -0.4 is 4.72 Å². The summed E-state index contributed by atoms with van der Waals surface area (Å²) >= 11 is 0. The first-order chi connectivity index (χ1) is 13.5. The van der Waals surface area contributed by atoms with E-state index in [1.165, 1.54) is 11.1 Å². The first kappa shape index (κ1) is 19.6. The number of aliphatic hydroxyl groups is 1. The van der Waals surface area contributed by atoms with Crippen LogP contribution in [-0.4, -0.2) is 19.6 Å². The van der Waals surface area contributed by atoms with Crippen molar-refractivity contribution in [2.24, 2.45) is 0 Å². The Morgan fingerprint density at radius 3 is 2.00 bits per heavy atom. The SMILES string of the molecule is C[C@H](NS(=O)(=O)c1c2c(cc3c1CCCC3)CCCC2)[C@H](O)c1ccccc1. The largest absolute Gasteiger partial charge is 0.387 e. The molecule has 0 fully saturated rings. The summed E-state index contributed by atoms with van der Waals surface area (Å²) in [6.07, 6.45) is 7.03. The molecular formula is C23H29NO3S. The highest BCUT2D eigenvalue weighted by Crippen LogP contribution is 2.36. The van der Waals surface area contributed by atoms with E-state index in [0.29, 0.717) is 4.90 Å². The number of rotatable bonds is 5. The fourth-order valence-corrected chi connectivity index (χ4v) is 6.57. The van der Waals surface area contributed by atoms with Gasteiger partial charge in [-0.3, -0.25) is 0 Å². The molecule has 0 aliphatic heterocycles. The van der Waals surface area contributed by atoms with Gasteiger partial charge < -0.3 is 5.11 Å². The molecule has 28 heavy (non-hydrogen) atoms. The summed E-state index contributed by atoms with van der Waals surface area (Å²) in [4.78, 5) is 0.520. The van der Waals surface area contributed by atoms with Gasteiger partial charge in [-0.2, -0.15) is 0 Å². The van der Waals surface area contributed by atoms with Crippen LogP contribution in [0.4, 0.5) is 0 Å². The molecule has 2 N–H and O–H groups in total. The molecule has 0 bridgehead atoms. The van der Waals surface area contributed by atoms with E-state index in [0.717, 1.165) is 68.1 Å². The molecule has 0 saturated heterocycles. The lowest BCUT2D eigenvalue weighted by Crippen LogP contribution is -2.38. The minimum absolute atomic E-state index is 0.520. The third-order valence-corrected chi connectivity index (χ3v) is 7.85. The van der Waals surface area contributed by atoms with Crippen LogP contribution in [0.2, 0.25) is 0 Å². The predicted octanol–water partition coefficient (Wildman–Crippen LogP) is 3.84. The Kier molecular flexibility index (Phi) is 5.59. The van der Waals surface area contributed by atoms with E-state index in [-0.39, 0.29) is 0 Å². The summed E-state index contributed by atoms with van der Waals surface area (Å²) in [6, 6.07) is 10.9. The molecule has 0 saturated carbocycles. The summed E-state index contributed by atoms with van der Waals surface area (Å²) in [5.74, 6) is 0. The van der Waals surface area contributed by atoms with Crippen molar-refractivity contribution in [3.05, 3.63) is 64.2 Å². The van der Waals surface area contributed by atoms with E-state index < -0.39 is 22.2 Å². The van der Waals surface area contributed by atoms with Crippen molar-refractivity contribution in [1.82, 2.24) is 4.72 Å². The van der Waals surface area contributed by atoms with Gasteiger partial charge in [0.25, 0.3) is 0 Å². The second-order valence-corrected chi connectivity index (χ2v) is 9.81. The molecule has 2 aromatic carbocycles. The molecule has 2 aliphatic rings. The van der Waals surface area contributed by atoms with Crippen molar-refractivity contribution in [1.29, 1.82) is 0 Å². The fraction of sp³-hybridized carbons (Fsp3) is 0.478. The Labute approximate surface area is 168 Å². The minimum Gasteiger partial charge on any atom is -0.387 e. The lowest BCUT2D eigenvalue weighted by molar-refractivity contribution is 0.146. The van der Waals surface area contributed by atoms with Gasteiger partial charge in [0.1, 0.15) is 0 Å². The smallest absolute Gasteiger partial charge is 0.241 e. The molecule has 0 heterocycles. The number of hydrogen-bond donors (Lipinski definition) is 2. The van der Waals surface area contributed by atoms with Gasteiger partial charge in [0.15, 0.2) is 0 Å². The Hall–Kier alpha value is -1.69. The molecule has 2 atom stereocenters. The van der Waals surface area contributed by atoms with Crippen molar-refractivity contribution in [2.75, 3.05) is 0 Å². The second-order valence-electron chi connectivity index (χ2n) is 8.16. The number of sulfonamides is 1. The zero-order chi connectivity index (χ0) is 19.7. The molecule has 0 spiro atoms. The van der Waals surface area contributed by atoms with Crippen molar-refractivity contribution in [3.63, 3.8) is 0 Å². The third kappa shape index (κ3) is 3.76. The molecule has 150 valence electrons. The molecule has 0 aromatic heterocycles. The summed E-state index contributed by atoms with van der Waals surface area (Å²) in [6.45, 7) is 1.73. The quantitative estimate of drug-likeness (QED) is 0.803.